The number of anilines is 2. The molecule has 0 amide bonds. The van der Waals surface area contributed by atoms with Gasteiger partial charge >= 0.3 is 0 Å². The maximum absolute atomic E-state index is 12.8. The van der Waals surface area contributed by atoms with Crippen molar-refractivity contribution in [2.45, 2.75) is 28.8 Å². The van der Waals surface area contributed by atoms with Crippen LogP contribution in [0.2, 0.25) is 0 Å². The van der Waals surface area contributed by atoms with Gasteiger partial charge in [0.05, 0.1) is 6.61 Å². The average Bonchev–Trinajstić information content (AvgIpc) is 2.72. The van der Waals surface area contributed by atoms with Crippen LogP contribution in [0, 0.1) is 0 Å². The number of nitrogens with one attached hydrogen (secondary N) is 2. The Labute approximate surface area is 188 Å². The predicted octanol–water partition coefficient (Wildman–Crippen LogP) is 4.12. The Morgan fingerprint density at radius 3 is 2.43 bits per heavy atom. The fourth-order valence-corrected chi connectivity index (χ4v) is 5.30. The summed E-state index contributed by atoms with van der Waals surface area (Å²) >= 11 is 4.66. The van der Waals surface area contributed by atoms with E-state index < -0.39 is 10.0 Å². The zero-order valence-corrected chi connectivity index (χ0v) is 19.3. The lowest BCUT2D eigenvalue weighted by Crippen LogP contribution is -2.21. The van der Waals surface area contributed by atoms with E-state index in [-0.39, 0.29) is 23.4 Å². The minimum Gasteiger partial charge on any atom is -0.394 e. The first-order valence-corrected chi connectivity index (χ1v) is 12.3. The molecule has 0 saturated heterocycles. The van der Waals surface area contributed by atoms with Crippen molar-refractivity contribution < 1.29 is 13.5 Å². The van der Waals surface area contributed by atoms with E-state index in [0.717, 1.165) is 5.56 Å². The molecule has 0 saturated carbocycles. The molecule has 1 atom stereocenters. The van der Waals surface area contributed by atoms with Gasteiger partial charge < -0.3 is 10.4 Å². The molecule has 0 bridgehead atoms. The van der Waals surface area contributed by atoms with Gasteiger partial charge in [-0.15, -0.1) is 0 Å². The molecule has 0 aliphatic carbocycles. The van der Waals surface area contributed by atoms with Gasteiger partial charge in [0.2, 0.25) is 0 Å². The van der Waals surface area contributed by atoms with Gasteiger partial charge in [-0.05, 0) is 40.5 Å². The van der Waals surface area contributed by atoms with E-state index in [4.69, 9.17) is 0 Å². The number of sulfonamides is 1. The molecular formula is C20H21BrN4O3S2. The fourth-order valence-electron chi connectivity index (χ4n) is 2.49. The molecule has 0 radical (unpaired) electrons. The Hall–Kier alpha value is -2.14. The molecule has 3 aromatic rings. The predicted molar refractivity (Wildman–Crippen MR) is 123 cm³/mol. The van der Waals surface area contributed by atoms with Crippen molar-refractivity contribution >= 4 is 49.4 Å². The topological polar surface area (TPSA) is 104 Å². The number of aliphatic hydroxyl groups excluding tert-OH is 1. The van der Waals surface area contributed by atoms with E-state index >= 15 is 0 Å². The lowest BCUT2D eigenvalue weighted by atomic mass is 10.2. The number of halogens is 1. The van der Waals surface area contributed by atoms with Gasteiger partial charge in [-0.3, -0.25) is 4.72 Å². The molecule has 158 valence electrons. The highest BCUT2D eigenvalue weighted by molar-refractivity contribution is 9.10. The number of hydrogen-bond acceptors (Lipinski definition) is 7. The monoisotopic (exact) mass is 508 g/mol. The number of thioether (sulfide) groups is 1. The van der Waals surface area contributed by atoms with Crippen molar-refractivity contribution in [2.24, 2.45) is 0 Å². The number of benzene rings is 2. The van der Waals surface area contributed by atoms with Crippen molar-refractivity contribution in [1.29, 1.82) is 0 Å². The summed E-state index contributed by atoms with van der Waals surface area (Å²) in [6.07, 6.45) is 0. The summed E-state index contributed by atoms with van der Waals surface area (Å²) in [7, 11) is -3.85. The second kappa shape index (κ2) is 10.3. The molecule has 30 heavy (non-hydrogen) atoms. The molecule has 0 aliphatic rings. The highest BCUT2D eigenvalue weighted by Crippen LogP contribution is 2.26. The average molecular weight is 509 g/mol. The lowest BCUT2D eigenvalue weighted by molar-refractivity contribution is 0.281. The molecule has 3 N–H and O–H groups in total. The van der Waals surface area contributed by atoms with Crippen molar-refractivity contribution in [3.05, 3.63) is 70.7 Å². The summed E-state index contributed by atoms with van der Waals surface area (Å²) < 4.78 is 28.6. The molecule has 3 rings (SSSR count). The van der Waals surface area contributed by atoms with Gasteiger partial charge in [0, 0.05) is 22.3 Å². The number of nitrogens with zero attached hydrogens (tertiary/aromatic N) is 2. The molecule has 10 heteroatoms. The highest BCUT2D eigenvalue weighted by atomic mass is 79.9. The van der Waals surface area contributed by atoms with Crippen LogP contribution in [-0.4, -0.2) is 36.1 Å². The molecule has 0 spiro atoms. The summed E-state index contributed by atoms with van der Waals surface area (Å²) in [6, 6.07) is 17.7. The number of aromatic nitrogens is 2. The van der Waals surface area contributed by atoms with Gasteiger partial charge in [-0.1, -0.05) is 54.2 Å². The third-order valence-corrected chi connectivity index (χ3v) is 7.23. The third-order valence-electron chi connectivity index (χ3n) is 3.95. The first-order valence-electron chi connectivity index (χ1n) is 9.08. The quantitative estimate of drug-likeness (QED) is 0.294. The second-order valence-corrected chi connectivity index (χ2v) is 9.91. The molecule has 2 aromatic carbocycles. The maximum atomic E-state index is 12.8. The molecule has 0 unspecified atom stereocenters. The summed E-state index contributed by atoms with van der Waals surface area (Å²) in [5.41, 5.74) is 1.10. The van der Waals surface area contributed by atoms with Crippen LogP contribution in [0.4, 0.5) is 11.6 Å². The van der Waals surface area contributed by atoms with E-state index in [1.807, 2.05) is 30.3 Å². The smallest absolute Gasteiger partial charge is 0.264 e. The van der Waals surface area contributed by atoms with Crippen LogP contribution in [0.1, 0.15) is 12.5 Å². The Balaban J connectivity index is 1.88. The van der Waals surface area contributed by atoms with Crippen LogP contribution in [0.25, 0.3) is 0 Å². The number of hydrogen-bond donors (Lipinski definition) is 3. The third kappa shape index (κ3) is 6.18. The Kier molecular flexibility index (Phi) is 7.70. The Bertz CT molecular complexity index is 1100. The van der Waals surface area contributed by atoms with Crippen LogP contribution in [0.15, 0.2) is 75.2 Å². The van der Waals surface area contributed by atoms with Gasteiger partial charge in [0.15, 0.2) is 5.16 Å². The van der Waals surface area contributed by atoms with E-state index in [1.54, 1.807) is 25.1 Å². The van der Waals surface area contributed by atoms with Crippen LogP contribution in [0.3, 0.4) is 0 Å². The Morgan fingerprint density at radius 2 is 1.73 bits per heavy atom. The van der Waals surface area contributed by atoms with Crippen molar-refractivity contribution in [3.63, 3.8) is 0 Å². The van der Waals surface area contributed by atoms with Crippen LogP contribution in [-0.2, 0) is 15.8 Å². The second-order valence-electron chi connectivity index (χ2n) is 6.46. The van der Waals surface area contributed by atoms with Gasteiger partial charge in [0.1, 0.15) is 16.5 Å². The van der Waals surface area contributed by atoms with E-state index in [9.17, 15) is 13.5 Å². The minimum atomic E-state index is -3.85. The van der Waals surface area contributed by atoms with Gasteiger partial charge in [-0.2, -0.15) is 0 Å². The molecule has 0 fully saturated rings. The summed E-state index contributed by atoms with van der Waals surface area (Å²) in [5, 5.41) is 12.8. The first-order chi connectivity index (χ1) is 14.4. The van der Waals surface area contributed by atoms with E-state index in [1.165, 1.54) is 23.9 Å². The fraction of sp³-hybridized carbons (Fsp3) is 0.200. The van der Waals surface area contributed by atoms with E-state index in [2.05, 4.69) is 35.9 Å². The maximum Gasteiger partial charge on any atom is 0.264 e. The Morgan fingerprint density at radius 1 is 1.07 bits per heavy atom. The highest BCUT2D eigenvalue weighted by Gasteiger charge is 2.19. The summed E-state index contributed by atoms with van der Waals surface area (Å²) in [4.78, 5) is 8.92. The first kappa shape index (κ1) is 22.5. The molecule has 7 nitrogen and oxygen atoms in total. The van der Waals surface area contributed by atoms with Gasteiger partial charge in [-0.25, -0.2) is 18.4 Å². The van der Waals surface area contributed by atoms with E-state index in [0.29, 0.717) is 21.2 Å². The number of rotatable bonds is 9. The molecular weight excluding hydrogens is 488 g/mol. The summed E-state index contributed by atoms with van der Waals surface area (Å²) in [6.45, 7) is 1.71. The molecule has 0 aliphatic heterocycles. The van der Waals surface area contributed by atoms with Crippen LogP contribution in [0.5, 0.6) is 0 Å². The zero-order chi connectivity index (χ0) is 21.6. The number of aliphatic hydroxyl groups is 1. The van der Waals surface area contributed by atoms with Crippen molar-refractivity contribution in [3.8, 4) is 0 Å². The van der Waals surface area contributed by atoms with Crippen molar-refractivity contribution in [2.75, 3.05) is 16.6 Å². The van der Waals surface area contributed by atoms with Crippen LogP contribution >= 0.6 is 27.7 Å². The minimum absolute atomic E-state index is 0.0888. The van der Waals surface area contributed by atoms with Gasteiger partial charge in [0.25, 0.3) is 10.0 Å². The SMILES string of the molecule is C[C@H](CO)Nc1cc(NS(=O)(=O)c2ccccc2Br)nc(SCc2ccccc2)n1. The zero-order valence-electron chi connectivity index (χ0n) is 16.1. The lowest BCUT2D eigenvalue weighted by Gasteiger charge is -2.15. The largest absolute Gasteiger partial charge is 0.394 e. The van der Waals surface area contributed by atoms with Crippen molar-refractivity contribution in [1.82, 2.24) is 9.97 Å². The molecule has 1 heterocycles. The standard InChI is InChI=1S/C20H21BrN4O3S2/c1-14(12-26)22-18-11-19(25-30(27,28)17-10-6-5-9-16(17)21)24-20(23-18)29-13-15-7-3-2-4-8-15/h2-11,14,26H,12-13H2,1H3,(H2,22,23,24,25)/t14-/m1/s1. The summed E-state index contributed by atoms with van der Waals surface area (Å²) in [5.74, 6) is 1.20. The molecule has 1 aromatic heterocycles. The van der Waals surface area contributed by atoms with Crippen LogP contribution < -0.4 is 10.0 Å². The normalized spacial score (nSPS) is 12.4.